The van der Waals surface area contributed by atoms with Gasteiger partial charge in [-0.15, -0.1) is 0 Å². The summed E-state index contributed by atoms with van der Waals surface area (Å²) in [6.07, 6.45) is 7.38. The number of carbonyl (C=O) groups excluding carboxylic acids is 5. The Labute approximate surface area is 373 Å². The Kier molecular flexibility index (Phi) is 11.6. The third-order valence-corrected chi connectivity index (χ3v) is 14.7. The summed E-state index contributed by atoms with van der Waals surface area (Å²) in [4.78, 5) is 72.4. The Morgan fingerprint density at radius 1 is 0.781 bits per heavy atom. The number of primary amides is 1. The predicted molar refractivity (Wildman–Crippen MR) is 240 cm³/mol. The van der Waals surface area contributed by atoms with Crippen LogP contribution >= 0.6 is 0 Å². The first kappa shape index (κ1) is 41.8. The van der Waals surface area contributed by atoms with E-state index in [-0.39, 0.29) is 36.2 Å². The first-order chi connectivity index (χ1) is 31.2. The van der Waals surface area contributed by atoms with Crippen molar-refractivity contribution in [1.29, 1.82) is 0 Å². The van der Waals surface area contributed by atoms with Gasteiger partial charge in [0, 0.05) is 63.4 Å². The minimum Gasteiger partial charge on any atom is -0.457 e. The van der Waals surface area contributed by atoms with Crippen molar-refractivity contribution in [2.24, 2.45) is 17.6 Å². The van der Waals surface area contributed by atoms with Gasteiger partial charge in [0.2, 0.25) is 11.8 Å². The lowest BCUT2D eigenvalue weighted by Gasteiger charge is -2.42. The molecule has 0 radical (unpaired) electrons. The number of ether oxygens (including phenoxy) is 1. The monoisotopic (exact) mass is 867 g/mol. The lowest BCUT2D eigenvalue weighted by molar-refractivity contribution is -0.136. The number of para-hydroxylation sites is 1. The van der Waals surface area contributed by atoms with Crippen molar-refractivity contribution in [2.75, 3.05) is 57.7 Å². The highest BCUT2D eigenvalue weighted by Gasteiger charge is 2.40. The average molecular weight is 868 g/mol. The van der Waals surface area contributed by atoms with E-state index in [2.05, 4.69) is 32.6 Å². The summed E-state index contributed by atoms with van der Waals surface area (Å²) >= 11 is 0. The maximum Gasteiger partial charge on any atom is 0.319 e. The number of aromatic nitrogens is 2. The molecule has 15 heteroatoms. The van der Waals surface area contributed by atoms with Gasteiger partial charge in [-0.1, -0.05) is 30.3 Å². The minimum atomic E-state index is -0.598. The summed E-state index contributed by atoms with van der Waals surface area (Å²) in [7, 11) is 0. The van der Waals surface area contributed by atoms with Crippen molar-refractivity contribution < 1.29 is 28.7 Å². The number of nitrogens with two attached hydrogens (primary N) is 1. The molecule has 0 aliphatic carbocycles. The van der Waals surface area contributed by atoms with Crippen LogP contribution in [0.2, 0.25) is 0 Å². The standard InChI is InChI=1S/C49H57N9O6/c50-45(60)43-44(34-6-9-38(10-7-34)64-37-4-2-1-3-5-37)53-58-40(14-21-51-46(43)58)33-19-26-56(27-20-33)49(63)55-24-15-31(16-25-55)29-54-22-17-32(18-23-54)35-8-11-39-36(28-35)30-57(48(39)62)41-12-13-42(59)52-47(41)61/h1-11,28,31-33,40-41,51H,12-27,29-30H2,(H2,50,60)(H,52,59,61). The summed E-state index contributed by atoms with van der Waals surface area (Å²) < 4.78 is 7.97. The minimum absolute atomic E-state index is 0.0961. The molecular weight excluding hydrogens is 811 g/mol. The third kappa shape index (κ3) is 8.33. The van der Waals surface area contributed by atoms with Crippen LogP contribution in [0.1, 0.15) is 102 Å². The zero-order chi connectivity index (χ0) is 43.9. The maximum absolute atomic E-state index is 13.8. The van der Waals surface area contributed by atoms with Gasteiger partial charge in [-0.25, -0.2) is 9.48 Å². The third-order valence-electron chi connectivity index (χ3n) is 14.7. The molecule has 0 saturated carbocycles. The van der Waals surface area contributed by atoms with Gasteiger partial charge in [0.15, 0.2) is 0 Å². The number of carbonyl (C=O) groups is 5. The van der Waals surface area contributed by atoms with Crippen LogP contribution in [-0.4, -0.2) is 117 Å². The Bertz CT molecular complexity index is 2410. The van der Waals surface area contributed by atoms with Gasteiger partial charge >= 0.3 is 6.03 Å². The first-order valence-electron chi connectivity index (χ1n) is 23.2. The number of imide groups is 1. The number of nitrogens with zero attached hydrogens (tertiary/aromatic N) is 6. The molecule has 6 amide bonds. The fraction of sp³-hybridized carbons (Fsp3) is 0.469. The van der Waals surface area contributed by atoms with Crippen LogP contribution in [0.5, 0.6) is 11.5 Å². The molecule has 15 nitrogen and oxygen atoms in total. The molecular formula is C49H57N9O6. The number of anilines is 1. The zero-order valence-electron chi connectivity index (χ0n) is 36.3. The molecule has 10 rings (SSSR count). The Balaban J connectivity index is 0.685. The molecule has 4 N–H and O–H groups in total. The highest BCUT2D eigenvalue weighted by Crippen LogP contribution is 2.41. The van der Waals surface area contributed by atoms with E-state index in [1.165, 1.54) is 5.56 Å². The number of hydrogen-bond acceptors (Lipinski definition) is 9. The van der Waals surface area contributed by atoms with Crippen LogP contribution in [0.3, 0.4) is 0 Å². The zero-order valence-corrected chi connectivity index (χ0v) is 36.3. The average Bonchev–Trinajstić information content (AvgIpc) is 3.88. The lowest BCUT2D eigenvalue weighted by Crippen LogP contribution is -2.52. The molecule has 3 aromatic carbocycles. The second kappa shape index (κ2) is 17.7. The fourth-order valence-corrected chi connectivity index (χ4v) is 11.1. The number of hydrogen-bond donors (Lipinski definition) is 3. The van der Waals surface area contributed by atoms with Gasteiger partial charge in [0.25, 0.3) is 11.8 Å². The molecule has 7 heterocycles. The molecule has 0 bridgehead atoms. The molecule has 6 aliphatic heterocycles. The van der Waals surface area contributed by atoms with E-state index in [1.54, 1.807) is 4.90 Å². The maximum atomic E-state index is 13.8. The topological polar surface area (TPSA) is 175 Å². The number of piperidine rings is 4. The van der Waals surface area contributed by atoms with Gasteiger partial charge in [-0.2, -0.15) is 5.10 Å². The van der Waals surface area contributed by atoms with Gasteiger partial charge in [0.1, 0.15) is 34.6 Å². The summed E-state index contributed by atoms with van der Waals surface area (Å²) in [6.45, 7) is 7.21. The molecule has 6 aliphatic rings. The van der Waals surface area contributed by atoms with Crippen molar-refractivity contribution in [3.05, 3.63) is 95.1 Å². The number of amides is 6. The molecule has 0 spiro atoms. The Hall–Kier alpha value is -6.22. The van der Waals surface area contributed by atoms with Crippen LogP contribution in [-0.2, 0) is 16.1 Å². The highest BCUT2D eigenvalue weighted by atomic mass is 16.5. The van der Waals surface area contributed by atoms with E-state index in [0.717, 1.165) is 101 Å². The van der Waals surface area contributed by atoms with Crippen LogP contribution < -0.4 is 21.1 Å². The summed E-state index contributed by atoms with van der Waals surface area (Å²) in [5.74, 6) is 2.11. The van der Waals surface area contributed by atoms with Gasteiger partial charge in [0.05, 0.1) is 6.04 Å². The van der Waals surface area contributed by atoms with Crippen LogP contribution in [0.25, 0.3) is 11.3 Å². The summed E-state index contributed by atoms with van der Waals surface area (Å²) in [6, 6.07) is 23.0. The molecule has 334 valence electrons. The molecule has 2 unspecified atom stereocenters. The summed E-state index contributed by atoms with van der Waals surface area (Å²) in [5, 5.41) is 10.8. The smallest absolute Gasteiger partial charge is 0.319 e. The van der Waals surface area contributed by atoms with E-state index in [4.69, 9.17) is 15.6 Å². The highest BCUT2D eigenvalue weighted by molar-refractivity contribution is 6.05. The van der Waals surface area contributed by atoms with Crippen molar-refractivity contribution in [2.45, 2.75) is 82.3 Å². The van der Waals surface area contributed by atoms with Gasteiger partial charge in [-0.3, -0.25) is 24.5 Å². The number of urea groups is 1. The Morgan fingerprint density at radius 2 is 1.48 bits per heavy atom. The quantitative estimate of drug-likeness (QED) is 0.171. The van der Waals surface area contributed by atoms with Crippen LogP contribution in [0, 0.1) is 11.8 Å². The molecule has 1 aromatic heterocycles. The number of benzene rings is 3. The predicted octanol–water partition coefficient (Wildman–Crippen LogP) is 5.98. The second-order valence-corrected chi connectivity index (χ2v) is 18.5. The molecule has 4 saturated heterocycles. The summed E-state index contributed by atoms with van der Waals surface area (Å²) in [5.41, 5.74) is 10.6. The normalized spacial score (nSPS) is 22.5. The molecule has 2 atom stereocenters. The molecule has 64 heavy (non-hydrogen) atoms. The van der Waals surface area contributed by atoms with Gasteiger partial charge < -0.3 is 35.4 Å². The SMILES string of the molecule is NC(=O)c1c(-c2ccc(Oc3ccccc3)cc2)nn2c1NCCC2C1CCN(C(=O)N2CCC(CN3CCC(c4ccc5c(c4)CN(C4CCC(=O)NC4=O)C5=O)CC3)CC2)CC1. The van der Waals surface area contributed by atoms with Gasteiger partial charge in [-0.05, 0) is 136 Å². The number of likely N-dealkylation sites (tertiary alicyclic amines) is 3. The van der Waals surface area contributed by atoms with E-state index in [9.17, 15) is 24.0 Å². The van der Waals surface area contributed by atoms with E-state index < -0.39 is 11.9 Å². The van der Waals surface area contributed by atoms with Crippen molar-refractivity contribution in [3.63, 3.8) is 0 Å². The van der Waals surface area contributed by atoms with Crippen molar-refractivity contribution in [3.8, 4) is 22.8 Å². The van der Waals surface area contributed by atoms with Crippen LogP contribution in [0.4, 0.5) is 10.6 Å². The Morgan fingerprint density at radius 3 is 2.19 bits per heavy atom. The number of nitrogens with one attached hydrogen (secondary N) is 2. The van der Waals surface area contributed by atoms with E-state index in [0.29, 0.717) is 72.2 Å². The molecule has 4 fully saturated rings. The van der Waals surface area contributed by atoms with Crippen molar-refractivity contribution >= 4 is 35.5 Å². The van der Waals surface area contributed by atoms with E-state index >= 15 is 0 Å². The number of fused-ring (bicyclic) bond motifs is 2. The lowest BCUT2D eigenvalue weighted by atomic mass is 9.86. The van der Waals surface area contributed by atoms with Crippen molar-refractivity contribution in [1.82, 2.24) is 34.7 Å². The van der Waals surface area contributed by atoms with E-state index in [1.807, 2.05) is 70.2 Å². The fourth-order valence-electron chi connectivity index (χ4n) is 11.1. The first-order valence-corrected chi connectivity index (χ1v) is 23.2. The largest absolute Gasteiger partial charge is 0.457 e. The number of rotatable bonds is 9. The van der Waals surface area contributed by atoms with Crippen LogP contribution in [0.15, 0.2) is 72.8 Å². The second-order valence-electron chi connectivity index (χ2n) is 18.5. The molecule has 4 aromatic rings.